The number of anilines is 1. The van der Waals surface area contributed by atoms with Gasteiger partial charge in [-0.05, 0) is 11.6 Å². The standard InChI is InChI=1S/C8H6ClF4N/c9-3-4-1-2-5(14)7(10)6(4)8(11,12)13/h1-2H,3,14H2. The number of nitrogens with two attached hydrogens (primary N) is 1. The summed E-state index contributed by atoms with van der Waals surface area (Å²) >= 11 is 5.25. The molecule has 0 saturated heterocycles. The summed E-state index contributed by atoms with van der Waals surface area (Å²) in [7, 11) is 0. The van der Waals surface area contributed by atoms with Gasteiger partial charge in [0.25, 0.3) is 0 Å². The Balaban J connectivity index is 3.44. The lowest BCUT2D eigenvalue weighted by atomic mass is 10.1. The third-order valence-electron chi connectivity index (χ3n) is 1.69. The molecule has 78 valence electrons. The number of benzene rings is 1. The lowest BCUT2D eigenvalue weighted by Gasteiger charge is -2.13. The summed E-state index contributed by atoms with van der Waals surface area (Å²) in [5.41, 5.74) is 2.79. The minimum atomic E-state index is -4.77. The maximum Gasteiger partial charge on any atom is 0.419 e. The predicted octanol–water partition coefficient (Wildman–Crippen LogP) is 3.17. The smallest absolute Gasteiger partial charge is 0.396 e. The molecule has 14 heavy (non-hydrogen) atoms. The molecule has 2 N–H and O–H groups in total. The molecular formula is C8H6ClF4N. The highest BCUT2D eigenvalue weighted by Crippen LogP contribution is 2.36. The van der Waals surface area contributed by atoms with E-state index in [2.05, 4.69) is 0 Å². The van der Waals surface area contributed by atoms with Crippen molar-refractivity contribution < 1.29 is 17.6 Å². The quantitative estimate of drug-likeness (QED) is 0.445. The fourth-order valence-electron chi connectivity index (χ4n) is 1.05. The van der Waals surface area contributed by atoms with E-state index in [4.69, 9.17) is 17.3 Å². The molecule has 0 aliphatic heterocycles. The molecule has 0 aromatic heterocycles. The van der Waals surface area contributed by atoms with Crippen molar-refractivity contribution in [3.63, 3.8) is 0 Å². The molecule has 0 amide bonds. The van der Waals surface area contributed by atoms with E-state index >= 15 is 0 Å². The van der Waals surface area contributed by atoms with Crippen LogP contribution >= 0.6 is 11.6 Å². The normalized spacial score (nSPS) is 11.8. The summed E-state index contributed by atoms with van der Waals surface area (Å²) in [6.07, 6.45) is -4.77. The molecule has 1 rings (SSSR count). The van der Waals surface area contributed by atoms with E-state index in [1.165, 1.54) is 0 Å². The van der Waals surface area contributed by atoms with Crippen molar-refractivity contribution in [2.45, 2.75) is 12.1 Å². The minimum Gasteiger partial charge on any atom is -0.396 e. The fourth-order valence-corrected chi connectivity index (χ4v) is 1.27. The second kappa shape index (κ2) is 3.65. The van der Waals surface area contributed by atoms with Crippen LogP contribution in [-0.2, 0) is 12.1 Å². The number of nitrogen functional groups attached to an aromatic ring is 1. The Kier molecular flexibility index (Phi) is 2.89. The molecule has 0 radical (unpaired) electrons. The molecule has 0 bridgehead atoms. The number of halogens is 5. The van der Waals surface area contributed by atoms with Crippen LogP contribution in [0.2, 0.25) is 0 Å². The molecule has 0 aliphatic carbocycles. The van der Waals surface area contributed by atoms with Crippen molar-refractivity contribution in [1.82, 2.24) is 0 Å². The maximum absolute atomic E-state index is 13.0. The second-order valence-electron chi connectivity index (χ2n) is 2.63. The highest BCUT2D eigenvalue weighted by Gasteiger charge is 2.37. The first-order valence-electron chi connectivity index (χ1n) is 3.58. The molecule has 1 aromatic rings. The van der Waals surface area contributed by atoms with Crippen LogP contribution in [0.4, 0.5) is 23.2 Å². The largest absolute Gasteiger partial charge is 0.419 e. The average molecular weight is 228 g/mol. The molecule has 0 fully saturated rings. The maximum atomic E-state index is 13.0. The van der Waals surface area contributed by atoms with Gasteiger partial charge in [0.2, 0.25) is 0 Å². The van der Waals surface area contributed by atoms with Crippen LogP contribution in [0.15, 0.2) is 12.1 Å². The Morgan fingerprint density at radius 3 is 2.29 bits per heavy atom. The van der Waals surface area contributed by atoms with E-state index in [9.17, 15) is 17.6 Å². The van der Waals surface area contributed by atoms with Crippen LogP contribution in [0.5, 0.6) is 0 Å². The first-order valence-corrected chi connectivity index (χ1v) is 4.11. The minimum absolute atomic E-state index is 0.314. The van der Waals surface area contributed by atoms with Crippen LogP contribution in [-0.4, -0.2) is 0 Å². The zero-order valence-corrected chi connectivity index (χ0v) is 7.58. The van der Waals surface area contributed by atoms with Gasteiger partial charge in [-0.2, -0.15) is 13.2 Å². The topological polar surface area (TPSA) is 26.0 Å². The number of alkyl halides is 4. The Morgan fingerprint density at radius 2 is 1.86 bits per heavy atom. The summed E-state index contributed by atoms with van der Waals surface area (Å²) in [5.74, 6) is -1.87. The average Bonchev–Trinajstić information content (AvgIpc) is 2.07. The van der Waals surface area contributed by atoms with E-state index < -0.39 is 29.1 Å². The van der Waals surface area contributed by atoms with E-state index in [-0.39, 0.29) is 5.56 Å². The van der Waals surface area contributed by atoms with Crippen molar-refractivity contribution >= 4 is 17.3 Å². The molecule has 0 heterocycles. The first-order chi connectivity index (χ1) is 6.38. The van der Waals surface area contributed by atoms with E-state index in [1.807, 2.05) is 0 Å². The van der Waals surface area contributed by atoms with Gasteiger partial charge in [0, 0.05) is 5.88 Å². The Labute approximate surface area is 82.5 Å². The zero-order chi connectivity index (χ0) is 10.9. The zero-order valence-electron chi connectivity index (χ0n) is 6.83. The van der Waals surface area contributed by atoms with Crippen molar-refractivity contribution in [1.29, 1.82) is 0 Å². The molecule has 0 saturated carbocycles. The van der Waals surface area contributed by atoms with E-state index in [0.29, 0.717) is 0 Å². The van der Waals surface area contributed by atoms with Gasteiger partial charge in [0.05, 0.1) is 11.3 Å². The Hall–Kier alpha value is -0.970. The molecule has 0 atom stereocenters. The van der Waals surface area contributed by atoms with Crippen molar-refractivity contribution in [2.24, 2.45) is 0 Å². The summed E-state index contributed by atoms with van der Waals surface area (Å²) in [4.78, 5) is 0. The van der Waals surface area contributed by atoms with Crippen LogP contribution in [0.1, 0.15) is 11.1 Å². The Morgan fingerprint density at radius 1 is 1.29 bits per heavy atom. The highest BCUT2D eigenvalue weighted by atomic mass is 35.5. The van der Waals surface area contributed by atoms with Gasteiger partial charge in [-0.25, -0.2) is 4.39 Å². The lowest BCUT2D eigenvalue weighted by Crippen LogP contribution is -2.13. The van der Waals surface area contributed by atoms with Gasteiger partial charge < -0.3 is 5.73 Å². The Bertz CT molecular complexity index is 348. The van der Waals surface area contributed by atoms with Crippen LogP contribution in [0, 0.1) is 5.82 Å². The molecule has 6 heteroatoms. The van der Waals surface area contributed by atoms with Crippen LogP contribution < -0.4 is 5.73 Å². The van der Waals surface area contributed by atoms with E-state index in [0.717, 1.165) is 12.1 Å². The van der Waals surface area contributed by atoms with Gasteiger partial charge in [0.1, 0.15) is 0 Å². The van der Waals surface area contributed by atoms with Gasteiger partial charge in [-0.15, -0.1) is 11.6 Å². The summed E-state index contributed by atoms with van der Waals surface area (Å²) in [5, 5.41) is 0. The van der Waals surface area contributed by atoms with Gasteiger partial charge in [-0.1, -0.05) is 6.07 Å². The van der Waals surface area contributed by atoms with E-state index in [1.54, 1.807) is 0 Å². The third-order valence-corrected chi connectivity index (χ3v) is 1.97. The lowest BCUT2D eigenvalue weighted by molar-refractivity contribution is -0.140. The SMILES string of the molecule is Nc1ccc(CCl)c(C(F)(F)F)c1F. The highest BCUT2D eigenvalue weighted by molar-refractivity contribution is 6.17. The van der Waals surface area contributed by atoms with Crippen LogP contribution in [0.3, 0.4) is 0 Å². The molecule has 0 unspecified atom stereocenters. The van der Waals surface area contributed by atoms with Crippen molar-refractivity contribution in [3.8, 4) is 0 Å². The molecule has 1 aromatic carbocycles. The van der Waals surface area contributed by atoms with Gasteiger partial charge in [-0.3, -0.25) is 0 Å². The summed E-state index contributed by atoms with van der Waals surface area (Å²) < 4.78 is 50.0. The predicted molar refractivity (Wildman–Crippen MR) is 45.4 cm³/mol. The summed E-state index contributed by atoms with van der Waals surface area (Å²) in [6.45, 7) is 0. The molecule has 0 aliphatic rings. The summed E-state index contributed by atoms with van der Waals surface area (Å²) in [6, 6.07) is 2.12. The van der Waals surface area contributed by atoms with Crippen LogP contribution in [0.25, 0.3) is 0 Å². The van der Waals surface area contributed by atoms with Crippen molar-refractivity contribution in [3.05, 3.63) is 29.1 Å². The molecule has 0 spiro atoms. The number of rotatable bonds is 1. The fraction of sp³-hybridized carbons (Fsp3) is 0.250. The first kappa shape index (κ1) is 11.1. The molecular weight excluding hydrogens is 222 g/mol. The van der Waals surface area contributed by atoms with Gasteiger partial charge >= 0.3 is 6.18 Å². The number of hydrogen-bond acceptors (Lipinski definition) is 1. The van der Waals surface area contributed by atoms with Crippen molar-refractivity contribution in [2.75, 3.05) is 5.73 Å². The third kappa shape index (κ3) is 1.92. The molecule has 1 nitrogen and oxygen atoms in total. The number of hydrogen-bond donors (Lipinski definition) is 1. The second-order valence-corrected chi connectivity index (χ2v) is 2.90. The van der Waals surface area contributed by atoms with Gasteiger partial charge in [0.15, 0.2) is 5.82 Å². The monoisotopic (exact) mass is 227 g/mol.